The zero-order valence-electron chi connectivity index (χ0n) is 20.6. The summed E-state index contributed by atoms with van der Waals surface area (Å²) in [5.74, 6) is 0.413. The Morgan fingerprint density at radius 2 is 1.79 bits per heavy atom. The normalized spacial score (nSPS) is 11.7. The van der Waals surface area contributed by atoms with Crippen molar-refractivity contribution >= 4 is 23.3 Å². The number of hydrogen-bond acceptors (Lipinski definition) is 5. The van der Waals surface area contributed by atoms with Crippen molar-refractivity contribution in [3.05, 3.63) is 101 Å². The van der Waals surface area contributed by atoms with Crippen LogP contribution in [0.2, 0.25) is 5.02 Å². The molecule has 1 amide bonds. The van der Waals surface area contributed by atoms with Gasteiger partial charge in [0.1, 0.15) is 18.6 Å². The number of amides is 1. The smallest absolute Gasteiger partial charge is 0.251 e. The van der Waals surface area contributed by atoms with Crippen molar-refractivity contribution in [2.75, 3.05) is 13.2 Å². The van der Waals surface area contributed by atoms with Gasteiger partial charge >= 0.3 is 0 Å². The quantitative estimate of drug-likeness (QED) is 0.108. The van der Waals surface area contributed by atoms with Crippen LogP contribution in [-0.2, 0) is 6.61 Å². The molecule has 1 unspecified atom stereocenters. The summed E-state index contributed by atoms with van der Waals surface area (Å²) in [5, 5.41) is 23.1. The Morgan fingerprint density at radius 1 is 1.05 bits per heavy atom. The van der Waals surface area contributed by atoms with E-state index >= 15 is 0 Å². The average molecular weight is 535 g/mol. The van der Waals surface area contributed by atoms with Crippen molar-refractivity contribution in [2.24, 2.45) is 0 Å². The van der Waals surface area contributed by atoms with Gasteiger partial charge in [-0.1, -0.05) is 48.0 Å². The van der Waals surface area contributed by atoms with Crippen LogP contribution >= 0.6 is 11.6 Å². The highest BCUT2D eigenvalue weighted by Gasteiger charge is 2.21. The topological polar surface area (TPSA) is 111 Å². The van der Waals surface area contributed by atoms with E-state index in [2.05, 4.69) is 15.6 Å². The molecular formula is C29H28ClFN4O3. The molecule has 38 heavy (non-hydrogen) atoms. The molecule has 4 N–H and O–H groups in total. The van der Waals surface area contributed by atoms with Crippen LogP contribution in [0.25, 0.3) is 22.5 Å². The summed E-state index contributed by atoms with van der Waals surface area (Å²) < 4.78 is 18.6. The number of alkyl halides is 1. The number of amidine groups is 1. The lowest BCUT2D eigenvalue weighted by molar-refractivity contribution is 0.0927. The van der Waals surface area contributed by atoms with Crippen molar-refractivity contribution in [3.8, 4) is 22.5 Å². The number of aromatic nitrogens is 1. The minimum atomic E-state index is -0.858. The number of aliphatic hydroxyl groups excluding tert-OH is 1. The summed E-state index contributed by atoms with van der Waals surface area (Å²) in [6.45, 7) is -0.516. The van der Waals surface area contributed by atoms with E-state index in [-0.39, 0.29) is 18.3 Å². The number of nitrogens with zero attached hydrogens (tertiary/aromatic N) is 1. The average Bonchev–Trinajstić information content (AvgIpc) is 3.45. The molecular weight excluding hydrogens is 507 g/mol. The third kappa shape index (κ3) is 7.06. The molecule has 0 fully saturated rings. The summed E-state index contributed by atoms with van der Waals surface area (Å²) in [7, 11) is 0. The Bertz CT molecular complexity index is 1370. The minimum Gasteiger partial charge on any atom is -0.438 e. The number of carbonyl (C=O) groups excluding carboxylic acids is 1. The van der Waals surface area contributed by atoms with E-state index in [0.717, 1.165) is 22.3 Å². The molecule has 0 spiro atoms. The predicted molar refractivity (Wildman–Crippen MR) is 146 cm³/mol. The number of aliphatic hydroxyl groups is 1. The SMILES string of the molecule is N=C(CF)NCCCC(NC(=O)c1cccc(-c2ccc(CO)cc2)c1)c1ncc(-c2ccc(Cl)cc2)o1. The van der Waals surface area contributed by atoms with Gasteiger partial charge in [-0.05, 0) is 65.9 Å². The Labute approximate surface area is 225 Å². The zero-order chi connectivity index (χ0) is 26.9. The molecule has 0 bridgehead atoms. The van der Waals surface area contributed by atoms with Gasteiger partial charge in [-0.3, -0.25) is 10.2 Å². The molecule has 3 aromatic carbocycles. The maximum Gasteiger partial charge on any atom is 0.251 e. The van der Waals surface area contributed by atoms with E-state index in [0.29, 0.717) is 41.6 Å². The molecule has 1 aromatic heterocycles. The number of benzene rings is 3. The molecule has 0 aliphatic rings. The third-order valence-corrected chi connectivity index (χ3v) is 6.24. The first-order valence-electron chi connectivity index (χ1n) is 12.2. The van der Waals surface area contributed by atoms with Crippen LogP contribution in [0.3, 0.4) is 0 Å². The Balaban J connectivity index is 1.52. The first-order chi connectivity index (χ1) is 18.5. The molecule has 4 rings (SSSR count). The molecule has 0 aliphatic carbocycles. The van der Waals surface area contributed by atoms with Gasteiger partial charge < -0.3 is 20.2 Å². The van der Waals surface area contributed by atoms with Gasteiger partial charge in [0.05, 0.1) is 12.8 Å². The number of nitrogens with one attached hydrogen (secondary N) is 3. The second-order valence-electron chi connectivity index (χ2n) is 8.71. The lowest BCUT2D eigenvalue weighted by Crippen LogP contribution is -2.30. The lowest BCUT2D eigenvalue weighted by atomic mass is 10.0. The number of oxazole rings is 1. The van der Waals surface area contributed by atoms with Gasteiger partial charge in [-0.15, -0.1) is 0 Å². The molecule has 0 saturated heterocycles. The summed E-state index contributed by atoms with van der Waals surface area (Å²) in [4.78, 5) is 17.7. The molecule has 0 radical (unpaired) electrons. The molecule has 7 nitrogen and oxygen atoms in total. The maximum atomic E-state index is 13.3. The van der Waals surface area contributed by atoms with Crippen molar-refractivity contribution in [1.82, 2.24) is 15.6 Å². The van der Waals surface area contributed by atoms with Crippen LogP contribution < -0.4 is 10.6 Å². The highest BCUT2D eigenvalue weighted by molar-refractivity contribution is 6.30. The Hall–Kier alpha value is -4.01. The van der Waals surface area contributed by atoms with Crippen LogP contribution in [0, 0.1) is 5.41 Å². The molecule has 0 aliphatic heterocycles. The first kappa shape index (κ1) is 27.0. The summed E-state index contributed by atoms with van der Waals surface area (Å²) >= 11 is 5.99. The number of carbonyl (C=O) groups is 1. The monoisotopic (exact) mass is 534 g/mol. The van der Waals surface area contributed by atoms with Gasteiger partial charge in [0, 0.05) is 22.7 Å². The molecule has 0 saturated carbocycles. The van der Waals surface area contributed by atoms with E-state index in [1.807, 2.05) is 48.5 Å². The van der Waals surface area contributed by atoms with Gasteiger partial charge in [-0.25, -0.2) is 9.37 Å². The predicted octanol–water partition coefficient (Wildman–Crippen LogP) is 5.94. The molecule has 9 heteroatoms. The number of rotatable bonds is 11. The number of halogens is 2. The van der Waals surface area contributed by atoms with Crippen molar-refractivity contribution in [1.29, 1.82) is 5.41 Å². The van der Waals surface area contributed by atoms with Crippen LogP contribution in [0.5, 0.6) is 0 Å². The summed E-state index contributed by atoms with van der Waals surface area (Å²) in [6.07, 6.45) is 2.61. The Kier molecular flexibility index (Phi) is 9.24. The van der Waals surface area contributed by atoms with Crippen LogP contribution in [0.15, 0.2) is 83.4 Å². The van der Waals surface area contributed by atoms with E-state index in [9.17, 15) is 14.3 Å². The largest absolute Gasteiger partial charge is 0.438 e. The zero-order valence-corrected chi connectivity index (χ0v) is 21.3. The fraction of sp³-hybridized carbons (Fsp3) is 0.207. The molecule has 4 aromatic rings. The summed E-state index contributed by atoms with van der Waals surface area (Å²) in [6, 6.07) is 21.4. The highest BCUT2D eigenvalue weighted by Crippen LogP contribution is 2.27. The fourth-order valence-corrected chi connectivity index (χ4v) is 4.06. The van der Waals surface area contributed by atoms with Crippen LogP contribution in [0.4, 0.5) is 4.39 Å². The minimum absolute atomic E-state index is 0.0326. The van der Waals surface area contributed by atoms with Crippen molar-refractivity contribution in [2.45, 2.75) is 25.5 Å². The molecule has 196 valence electrons. The maximum absolute atomic E-state index is 13.3. The molecule has 1 heterocycles. The Morgan fingerprint density at radius 3 is 2.50 bits per heavy atom. The van der Waals surface area contributed by atoms with E-state index in [1.165, 1.54) is 0 Å². The van der Waals surface area contributed by atoms with Crippen molar-refractivity contribution < 1.29 is 18.7 Å². The van der Waals surface area contributed by atoms with Gasteiger partial charge in [0.25, 0.3) is 5.91 Å². The van der Waals surface area contributed by atoms with Crippen LogP contribution in [0.1, 0.15) is 40.7 Å². The number of hydrogen-bond donors (Lipinski definition) is 4. The summed E-state index contributed by atoms with van der Waals surface area (Å²) in [5.41, 5.74) is 3.88. The fourth-order valence-electron chi connectivity index (χ4n) is 3.93. The first-order valence-corrected chi connectivity index (χ1v) is 12.5. The second-order valence-corrected chi connectivity index (χ2v) is 9.15. The van der Waals surface area contributed by atoms with Gasteiger partial charge in [0.2, 0.25) is 5.89 Å². The molecule has 1 atom stereocenters. The lowest BCUT2D eigenvalue weighted by Gasteiger charge is -2.17. The van der Waals surface area contributed by atoms with E-state index in [1.54, 1.807) is 30.5 Å². The van der Waals surface area contributed by atoms with Crippen LogP contribution in [-0.4, -0.2) is 35.1 Å². The standard InChI is InChI=1S/C29H28ClFN4O3/c30-24-12-10-21(11-13-24)26-17-34-29(38-26)25(5-2-14-33-27(32)16-31)35-28(37)23-4-1-3-22(15-23)20-8-6-19(18-36)7-9-20/h1,3-4,6-13,15,17,25,36H,2,5,14,16,18H2,(H2,32,33)(H,35,37). The van der Waals surface area contributed by atoms with E-state index in [4.69, 9.17) is 21.4 Å². The van der Waals surface area contributed by atoms with Crippen molar-refractivity contribution in [3.63, 3.8) is 0 Å². The highest BCUT2D eigenvalue weighted by atomic mass is 35.5. The van der Waals surface area contributed by atoms with Gasteiger partial charge in [0.15, 0.2) is 5.76 Å². The third-order valence-electron chi connectivity index (χ3n) is 5.99. The van der Waals surface area contributed by atoms with Gasteiger partial charge in [-0.2, -0.15) is 0 Å². The van der Waals surface area contributed by atoms with E-state index < -0.39 is 12.7 Å². The second kappa shape index (κ2) is 13.0.